The number of hydrogen-bond acceptors (Lipinski definition) is 5. The lowest BCUT2D eigenvalue weighted by atomic mass is 10.3. The summed E-state index contributed by atoms with van der Waals surface area (Å²) >= 11 is 2.35. The Morgan fingerprint density at radius 3 is 2.74 bits per heavy atom. The Balaban J connectivity index is 2.29. The van der Waals surface area contributed by atoms with E-state index < -0.39 is 16.0 Å². The average Bonchev–Trinajstić information content (AvgIpc) is 2.95. The number of nitrogens with one attached hydrogen (secondary N) is 1. The van der Waals surface area contributed by atoms with Crippen molar-refractivity contribution < 1.29 is 18.3 Å². The molecule has 19 heavy (non-hydrogen) atoms. The second kappa shape index (κ2) is 5.41. The largest absolute Gasteiger partial charge is 0.477 e. The van der Waals surface area contributed by atoms with Gasteiger partial charge < -0.3 is 5.11 Å². The summed E-state index contributed by atoms with van der Waals surface area (Å²) in [5, 5.41) is 12.4. The lowest BCUT2D eigenvalue weighted by Gasteiger charge is -2.06. The summed E-state index contributed by atoms with van der Waals surface area (Å²) in [6.45, 7) is 1.75. The molecule has 0 aliphatic carbocycles. The second-order valence-corrected chi connectivity index (χ2v) is 7.40. The first-order valence-electron chi connectivity index (χ1n) is 5.25. The van der Waals surface area contributed by atoms with Gasteiger partial charge in [0.2, 0.25) is 10.0 Å². The maximum Gasteiger partial charge on any atom is 0.347 e. The first kappa shape index (κ1) is 14.2. The van der Waals surface area contributed by atoms with E-state index in [1.165, 1.54) is 16.7 Å². The SMILES string of the molecule is Cc1csc(C(=O)O)c1S(=O)(=O)NCc1cccs1. The maximum atomic E-state index is 12.2. The average molecular weight is 317 g/mol. The zero-order valence-corrected chi connectivity index (χ0v) is 12.4. The molecule has 0 saturated heterocycles. The molecule has 0 aliphatic rings. The Hall–Kier alpha value is -1.22. The molecule has 0 saturated carbocycles. The number of aryl methyl sites for hydroxylation is 1. The van der Waals surface area contributed by atoms with Crippen molar-refractivity contribution >= 4 is 38.7 Å². The fourth-order valence-electron chi connectivity index (χ4n) is 1.57. The molecule has 0 atom stereocenters. The number of carboxylic acids is 1. The van der Waals surface area contributed by atoms with Crippen molar-refractivity contribution in [1.29, 1.82) is 0 Å². The van der Waals surface area contributed by atoms with E-state index in [0.717, 1.165) is 16.2 Å². The summed E-state index contributed by atoms with van der Waals surface area (Å²) in [6.07, 6.45) is 0. The highest BCUT2D eigenvalue weighted by molar-refractivity contribution is 7.89. The third kappa shape index (κ3) is 3.03. The molecule has 0 amide bonds. The van der Waals surface area contributed by atoms with Gasteiger partial charge in [-0.05, 0) is 29.3 Å². The van der Waals surface area contributed by atoms with Crippen LogP contribution in [0.1, 0.15) is 20.1 Å². The monoisotopic (exact) mass is 317 g/mol. The molecule has 0 aliphatic heterocycles. The lowest BCUT2D eigenvalue weighted by Crippen LogP contribution is -2.24. The molecule has 2 aromatic rings. The van der Waals surface area contributed by atoms with Crippen LogP contribution in [0.4, 0.5) is 0 Å². The predicted molar refractivity (Wildman–Crippen MR) is 74.4 cm³/mol. The van der Waals surface area contributed by atoms with Gasteiger partial charge in [0.15, 0.2) is 0 Å². The number of thiophene rings is 2. The summed E-state index contributed by atoms with van der Waals surface area (Å²) in [4.78, 5) is 11.6. The van der Waals surface area contributed by atoms with Crippen LogP contribution in [0.15, 0.2) is 27.8 Å². The molecule has 102 valence electrons. The Morgan fingerprint density at radius 2 is 2.16 bits per heavy atom. The standard InChI is InChI=1S/C11H11NO4S3/c1-7-6-18-9(11(13)14)10(7)19(15,16)12-5-8-3-2-4-17-8/h2-4,6,12H,5H2,1H3,(H,13,14). The van der Waals surface area contributed by atoms with Gasteiger partial charge in [-0.25, -0.2) is 17.9 Å². The quantitative estimate of drug-likeness (QED) is 0.886. The summed E-state index contributed by atoms with van der Waals surface area (Å²) in [5.41, 5.74) is 0.445. The van der Waals surface area contributed by atoms with E-state index in [0.29, 0.717) is 5.56 Å². The summed E-state index contributed by atoms with van der Waals surface area (Å²) in [5.74, 6) is -1.23. The summed E-state index contributed by atoms with van der Waals surface area (Å²) in [6, 6.07) is 3.64. The normalized spacial score (nSPS) is 11.6. The van der Waals surface area contributed by atoms with Crippen molar-refractivity contribution in [2.75, 3.05) is 0 Å². The first-order valence-corrected chi connectivity index (χ1v) is 8.49. The van der Waals surface area contributed by atoms with Crippen molar-refractivity contribution in [1.82, 2.24) is 4.72 Å². The smallest absolute Gasteiger partial charge is 0.347 e. The molecule has 2 N–H and O–H groups in total. The molecular formula is C11H11NO4S3. The minimum Gasteiger partial charge on any atom is -0.477 e. The van der Waals surface area contributed by atoms with Crippen LogP contribution in [0, 0.1) is 6.92 Å². The van der Waals surface area contributed by atoms with Crippen molar-refractivity contribution in [2.45, 2.75) is 18.4 Å². The predicted octanol–water partition coefficient (Wildman–Crippen LogP) is 2.29. The number of carbonyl (C=O) groups is 1. The number of sulfonamides is 1. The van der Waals surface area contributed by atoms with E-state index in [2.05, 4.69) is 4.72 Å². The lowest BCUT2D eigenvalue weighted by molar-refractivity contribution is 0.0698. The number of aromatic carboxylic acids is 1. The van der Waals surface area contributed by atoms with E-state index in [1.807, 2.05) is 17.5 Å². The van der Waals surface area contributed by atoms with E-state index in [-0.39, 0.29) is 16.3 Å². The van der Waals surface area contributed by atoms with Gasteiger partial charge in [-0.3, -0.25) is 0 Å². The minimum atomic E-state index is -3.81. The van der Waals surface area contributed by atoms with Gasteiger partial charge in [-0.15, -0.1) is 22.7 Å². The van der Waals surface area contributed by atoms with Gasteiger partial charge in [0.05, 0.1) is 0 Å². The Bertz CT molecular complexity index is 686. The van der Waals surface area contributed by atoms with E-state index in [9.17, 15) is 13.2 Å². The third-order valence-corrected chi connectivity index (χ3v) is 6.08. The highest BCUT2D eigenvalue weighted by Crippen LogP contribution is 2.27. The van der Waals surface area contributed by atoms with Gasteiger partial charge in [-0.1, -0.05) is 6.07 Å². The van der Waals surface area contributed by atoms with E-state index in [1.54, 1.807) is 6.92 Å². The first-order chi connectivity index (χ1) is 8.92. The molecule has 0 unspecified atom stereocenters. The highest BCUT2D eigenvalue weighted by Gasteiger charge is 2.26. The Kier molecular flexibility index (Phi) is 4.04. The van der Waals surface area contributed by atoms with Crippen molar-refractivity contribution in [3.8, 4) is 0 Å². The van der Waals surface area contributed by atoms with Crippen molar-refractivity contribution in [2.24, 2.45) is 0 Å². The fourth-order valence-corrected chi connectivity index (χ4v) is 4.94. The van der Waals surface area contributed by atoms with Crippen molar-refractivity contribution in [3.63, 3.8) is 0 Å². The van der Waals surface area contributed by atoms with Crippen LogP contribution in [0.3, 0.4) is 0 Å². The minimum absolute atomic E-state index is 0.137. The maximum absolute atomic E-state index is 12.2. The van der Waals surface area contributed by atoms with E-state index in [4.69, 9.17) is 5.11 Å². The number of hydrogen-bond donors (Lipinski definition) is 2. The molecule has 0 radical (unpaired) electrons. The summed E-state index contributed by atoms with van der Waals surface area (Å²) < 4.78 is 26.8. The fraction of sp³-hybridized carbons (Fsp3) is 0.182. The number of carboxylic acid groups (broad SMARTS) is 1. The highest BCUT2D eigenvalue weighted by atomic mass is 32.2. The van der Waals surface area contributed by atoms with Crippen LogP contribution in [0.25, 0.3) is 0 Å². The van der Waals surface area contributed by atoms with E-state index >= 15 is 0 Å². The van der Waals surface area contributed by atoms with Gasteiger partial charge in [0.1, 0.15) is 9.77 Å². The van der Waals surface area contributed by atoms with Gasteiger partial charge in [-0.2, -0.15) is 0 Å². The number of rotatable bonds is 5. The molecule has 5 nitrogen and oxygen atoms in total. The van der Waals surface area contributed by atoms with Crippen molar-refractivity contribution in [3.05, 3.63) is 38.2 Å². The van der Waals surface area contributed by atoms with Crippen LogP contribution < -0.4 is 4.72 Å². The van der Waals surface area contributed by atoms with Crippen LogP contribution in [-0.2, 0) is 16.6 Å². The van der Waals surface area contributed by atoms with Gasteiger partial charge in [0, 0.05) is 11.4 Å². The summed E-state index contributed by atoms with van der Waals surface area (Å²) in [7, 11) is -3.81. The van der Waals surface area contributed by atoms with Gasteiger partial charge in [0.25, 0.3) is 0 Å². The second-order valence-electron chi connectivity index (χ2n) is 3.79. The molecule has 2 aromatic heterocycles. The van der Waals surface area contributed by atoms with Crippen LogP contribution >= 0.6 is 22.7 Å². The molecular weight excluding hydrogens is 306 g/mol. The molecule has 8 heteroatoms. The molecule has 0 bridgehead atoms. The zero-order chi connectivity index (χ0) is 14.0. The molecule has 2 rings (SSSR count). The third-order valence-electron chi connectivity index (χ3n) is 2.40. The van der Waals surface area contributed by atoms with Crippen LogP contribution in [0.2, 0.25) is 0 Å². The molecule has 0 spiro atoms. The molecule has 2 heterocycles. The Labute approximate surface area is 118 Å². The molecule has 0 aromatic carbocycles. The zero-order valence-electron chi connectivity index (χ0n) is 9.91. The topological polar surface area (TPSA) is 83.5 Å². The van der Waals surface area contributed by atoms with Gasteiger partial charge >= 0.3 is 5.97 Å². The van der Waals surface area contributed by atoms with Crippen LogP contribution in [-0.4, -0.2) is 19.5 Å². The van der Waals surface area contributed by atoms with Crippen LogP contribution in [0.5, 0.6) is 0 Å². The Morgan fingerprint density at radius 1 is 1.42 bits per heavy atom. The molecule has 0 fully saturated rings.